The molecule has 2 heterocycles. The van der Waals surface area contributed by atoms with Crippen molar-refractivity contribution in [1.82, 2.24) is 14.8 Å². The molecule has 0 unspecified atom stereocenters. The molecule has 0 aromatic carbocycles. The van der Waals surface area contributed by atoms with Gasteiger partial charge in [0.15, 0.2) is 5.65 Å². The molecule has 2 rings (SSSR count). The number of fused-ring (bicyclic) bond motifs is 1. The van der Waals surface area contributed by atoms with Crippen molar-refractivity contribution >= 4 is 46.9 Å². The van der Waals surface area contributed by atoms with Gasteiger partial charge in [0, 0.05) is 5.75 Å². The quantitative estimate of drug-likeness (QED) is 0.466. The Morgan fingerprint density at radius 1 is 1.57 bits per heavy atom. The minimum absolute atomic E-state index is 0. The highest BCUT2D eigenvalue weighted by Crippen LogP contribution is 2.26. The predicted molar refractivity (Wildman–Crippen MR) is 97.4 cm³/mol. The molecular weight excluding hydrogens is 336 g/mol. The summed E-state index contributed by atoms with van der Waals surface area (Å²) in [6, 6.07) is 0. The average molecular weight is 357 g/mol. The molecule has 126 valence electrons. The molecule has 2 aromatic heterocycles. The molecule has 0 aliphatic heterocycles. The van der Waals surface area contributed by atoms with Crippen LogP contribution in [0.25, 0.3) is 11.0 Å². The molecule has 2 N–H and O–H groups in total. The van der Waals surface area contributed by atoms with E-state index in [1.54, 1.807) is 13.1 Å². The highest BCUT2D eigenvalue weighted by atomic mass is 35.5. The van der Waals surface area contributed by atoms with Gasteiger partial charge in [0.25, 0.3) is 0 Å². The number of thioether (sulfide) groups is 1. The second kappa shape index (κ2) is 8.79. The molecule has 6 nitrogen and oxygen atoms in total. The number of hydrogen-bond acceptors (Lipinski definition) is 6. The number of aromatic nitrogens is 3. The lowest BCUT2D eigenvalue weighted by molar-refractivity contribution is 0.0550. The third-order valence-corrected chi connectivity index (χ3v) is 4.07. The van der Waals surface area contributed by atoms with Crippen LogP contribution in [0.4, 0.5) is 5.69 Å². The molecule has 23 heavy (non-hydrogen) atoms. The van der Waals surface area contributed by atoms with Gasteiger partial charge in [-0.1, -0.05) is 19.6 Å². The van der Waals surface area contributed by atoms with Crippen LogP contribution in [0.5, 0.6) is 0 Å². The van der Waals surface area contributed by atoms with Crippen LogP contribution in [0.1, 0.15) is 23.0 Å². The highest BCUT2D eigenvalue weighted by Gasteiger charge is 2.20. The van der Waals surface area contributed by atoms with Crippen LogP contribution in [-0.2, 0) is 11.3 Å². The van der Waals surface area contributed by atoms with E-state index in [0.29, 0.717) is 28.0 Å². The predicted octanol–water partition coefficient (Wildman–Crippen LogP) is 2.84. The summed E-state index contributed by atoms with van der Waals surface area (Å²) < 4.78 is 6.89. The van der Waals surface area contributed by atoms with Crippen molar-refractivity contribution in [3.63, 3.8) is 0 Å². The summed E-state index contributed by atoms with van der Waals surface area (Å²) in [5.74, 6) is 1.53. The van der Waals surface area contributed by atoms with Gasteiger partial charge in [-0.15, -0.1) is 12.4 Å². The normalized spacial score (nSPS) is 10.3. The monoisotopic (exact) mass is 356 g/mol. The van der Waals surface area contributed by atoms with Crippen LogP contribution in [0.15, 0.2) is 18.9 Å². The Kier molecular flexibility index (Phi) is 7.38. The molecule has 0 atom stereocenters. The number of nitrogens with two attached hydrogens (primary N) is 1. The molecule has 2 aromatic rings. The maximum atomic E-state index is 12.1. The number of aryl methyl sites for hydroxylation is 2. The first-order chi connectivity index (χ1) is 10.6. The Labute approximate surface area is 145 Å². The van der Waals surface area contributed by atoms with Gasteiger partial charge in [0.05, 0.1) is 29.5 Å². The largest absolute Gasteiger partial charge is 0.458 e. The molecule has 0 bridgehead atoms. The lowest BCUT2D eigenvalue weighted by atomic mass is 10.1. The van der Waals surface area contributed by atoms with Crippen LogP contribution in [-0.4, -0.2) is 38.8 Å². The summed E-state index contributed by atoms with van der Waals surface area (Å²) in [4.78, 5) is 16.6. The number of rotatable bonds is 7. The van der Waals surface area contributed by atoms with E-state index in [9.17, 15) is 4.79 Å². The first kappa shape index (κ1) is 19.3. The highest BCUT2D eigenvalue weighted by molar-refractivity contribution is 7.99. The lowest BCUT2D eigenvalue weighted by Crippen LogP contribution is -2.13. The first-order valence-corrected chi connectivity index (χ1v) is 8.23. The number of esters is 1. The van der Waals surface area contributed by atoms with Crippen molar-refractivity contribution in [3.8, 4) is 0 Å². The molecule has 0 aliphatic rings. The summed E-state index contributed by atoms with van der Waals surface area (Å²) >= 11 is 1.84. The van der Waals surface area contributed by atoms with Crippen LogP contribution in [0.2, 0.25) is 0 Å². The second-order valence-electron chi connectivity index (χ2n) is 4.67. The third-order valence-electron chi connectivity index (χ3n) is 3.19. The summed E-state index contributed by atoms with van der Waals surface area (Å²) in [7, 11) is 0. The van der Waals surface area contributed by atoms with Gasteiger partial charge < -0.3 is 10.5 Å². The van der Waals surface area contributed by atoms with Crippen molar-refractivity contribution in [3.05, 3.63) is 30.1 Å². The smallest absolute Gasteiger partial charge is 0.342 e. The first-order valence-electron chi connectivity index (χ1n) is 7.07. The SMILES string of the molecule is C=CCOC(=O)c1c(C)nc2c(cnn2CCSCC)c1N.Cl. The number of nitrogen functional groups attached to an aromatic ring is 1. The fourth-order valence-corrected chi connectivity index (χ4v) is 2.75. The fraction of sp³-hybridized carbons (Fsp3) is 0.400. The molecular formula is C15H21ClN4O2S. The summed E-state index contributed by atoms with van der Waals surface area (Å²) in [5, 5.41) is 5.00. The molecule has 0 saturated carbocycles. The van der Waals surface area contributed by atoms with E-state index in [1.165, 1.54) is 6.08 Å². The van der Waals surface area contributed by atoms with Crippen LogP contribution in [0, 0.1) is 6.92 Å². The molecule has 0 spiro atoms. The fourth-order valence-electron chi connectivity index (χ4n) is 2.15. The number of anilines is 1. The number of nitrogens with zero attached hydrogens (tertiary/aromatic N) is 3. The zero-order chi connectivity index (χ0) is 16.1. The van der Waals surface area contributed by atoms with E-state index in [4.69, 9.17) is 10.5 Å². The maximum absolute atomic E-state index is 12.1. The molecule has 8 heteroatoms. The maximum Gasteiger partial charge on any atom is 0.342 e. The number of ether oxygens (including phenoxy) is 1. The summed E-state index contributed by atoms with van der Waals surface area (Å²) in [6.07, 6.45) is 3.16. The van der Waals surface area contributed by atoms with Crippen LogP contribution >= 0.6 is 24.2 Å². The lowest BCUT2D eigenvalue weighted by Gasteiger charge is -2.10. The van der Waals surface area contributed by atoms with Gasteiger partial charge in [-0.05, 0) is 12.7 Å². The number of carbonyl (C=O) groups is 1. The molecule has 0 aliphatic carbocycles. The second-order valence-corrected chi connectivity index (χ2v) is 6.07. The van der Waals surface area contributed by atoms with E-state index < -0.39 is 5.97 Å². The van der Waals surface area contributed by atoms with Gasteiger partial charge in [0.1, 0.15) is 12.2 Å². The van der Waals surface area contributed by atoms with Gasteiger partial charge in [-0.3, -0.25) is 0 Å². The van der Waals surface area contributed by atoms with Crippen molar-refractivity contribution in [1.29, 1.82) is 0 Å². The van der Waals surface area contributed by atoms with E-state index in [2.05, 4.69) is 23.6 Å². The summed E-state index contributed by atoms with van der Waals surface area (Å²) in [6.45, 7) is 8.29. The zero-order valence-electron chi connectivity index (χ0n) is 13.2. The number of hydrogen-bond donors (Lipinski definition) is 1. The minimum Gasteiger partial charge on any atom is -0.458 e. The summed E-state index contributed by atoms with van der Waals surface area (Å²) in [5.41, 5.74) is 8.05. The number of carbonyl (C=O) groups excluding carboxylic acids is 1. The van der Waals surface area contributed by atoms with E-state index >= 15 is 0 Å². The molecule has 0 radical (unpaired) electrons. The Balaban J connectivity index is 0.00000264. The van der Waals surface area contributed by atoms with Crippen molar-refractivity contribution in [2.75, 3.05) is 23.8 Å². The zero-order valence-corrected chi connectivity index (χ0v) is 14.9. The third kappa shape index (κ3) is 4.17. The van der Waals surface area contributed by atoms with Crippen molar-refractivity contribution in [2.45, 2.75) is 20.4 Å². The van der Waals surface area contributed by atoms with Gasteiger partial charge in [-0.2, -0.15) is 16.9 Å². The van der Waals surface area contributed by atoms with E-state index in [-0.39, 0.29) is 19.0 Å². The van der Waals surface area contributed by atoms with Crippen molar-refractivity contribution in [2.24, 2.45) is 0 Å². The van der Waals surface area contributed by atoms with E-state index in [0.717, 1.165) is 18.1 Å². The Hall–Kier alpha value is -1.73. The van der Waals surface area contributed by atoms with Gasteiger partial charge in [0.2, 0.25) is 0 Å². The standard InChI is InChI=1S/C15H20N4O2S.ClH/c1-4-7-21-15(20)12-10(3)18-14-11(13(12)16)9-17-19(14)6-8-22-5-2;/h4,9H,1,5-8H2,2-3H3,(H2,16,18);1H. The Morgan fingerprint density at radius 3 is 2.96 bits per heavy atom. The van der Waals surface area contributed by atoms with Gasteiger partial charge in [-0.25, -0.2) is 14.5 Å². The Bertz CT molecular complexity index is 702. The topological polar surface area (TPSA) is 83.0 Å². The minimum atomic E-state index is -0.487. The van der Waals surface area contributed by atoms with Crippen LogP contribution < -0.4 is 5.73 Å². The van der Waals surface area contributed by atoms with Crippen LogP contribution in [0.3, 0.4) is 0 Å². The molecule has 0 saturated heterocycles. The number of halogens is 1. The van der Waals surface area contributed by atoms with E-state index in [1.807, 2.05) is 16.4 Å². The molecule has 0 amide bonds. The van der Waals surface area contributed by atoms with Crippen molar-refractivity contribution < 1.29 is 9.53 Å². The number of pyridine rings is 1. The Morgan fingerprint density at radius 2 is 2.30 bits per heavy atom. The molecule has 0 fully saturated rings. The average Bonchev–Trinajstić information content (AvgIpc) is 2.88. The van der Waals surface area contributed by atoms with Gasteiger partial charge >= 0.3 is 5.97 Å².